The van der Waals surface area contributed by atoms with E-state index in [1.807, 2.05) is 31.2 Å². The van der Waals surface area contributed by atoms with Gasteiger partial charge in [0.15, 0.2) is 11.6 Å². The van der Waals surface area contributed by atoms with Crippen LogP contribution in [0, 0.1) is 12.7 Å². The van der Waals surface area contributed by atoms with Crippen LogP contribution in [-0.2, 0) is 6.61 Å². The van der Waals surface area contributed by atoms with E-state index in [2.05, 4.69) is 9.97 Å². The number of nitrogens with zero attached hydrogens (tertiary/aromatic N) is 3. The Morgan fingerprint density at radius 2 is 1.92 bits per heavy atom. The molecule has 2 N–H and O–H groups in total. The molecule has 0 saturated heterocycles. The number of nitrogens with two attached hydrogens (primary N) is 1. The van der Waals surface area contributed by atoms with Gasteiger partial charge >= 0.3 is 6.01 Å². The first-order valence-electron chi connectivity index (χ1n) is 8.38. The van der Waals surface area contributed by atoms with E-state index in [0.29, 0.717) is 6.61 Å². The molecule has 1 saturated carbocycles. The number of hydrogen-bond acceptors (Lipinski definition) is 5. The SMILES string of the molecule is Cc1ccc(COc2ncc(F)c(N(N)C3CCCCC3)n2)cc1. The van der Waals surface area contributed by atoms with Crippen molar-refractivity contribution in [3.05, 3.63) is 47.4 Å². The van der Waals surface area contributed by atoms with Crippen LogP contribution in [0.3, 0.4) is 0 Å². The van der Waals surface area contributed by atoms with Crippen molar-refractivity contribution in [1.82, 2.24) is 9.97 Å². The van der Waals surface area contributed by atoms with Gasteiger partial charge < -0.3 is 4.74 Å². The normalized spacial score (nSPS) is 15.3. The second-order valence-corrected chi connectivity index (χ2v) is 6.30. The van der Waals surface area contributed by atoms with Gasteiger partial charge in [-0.25, -0.2) is 15.2 Å². The molecule has 0 radical (unpaired) electrons. The maximum Gasteiger partial charge on any atom is 0.318 e. The zero-order valence-corrected chi connectivity index (χ0v) is 13.9. The van der Waals surface area contributed by atoms with Crippen LogP contribution < -0.4 is 15.6 Å². The molecule has 0 bridgehead atoms. The lowest BCUT2D eigenvalue weighted by Crippen LogP contribution is -2.43. The van der Waals surface area contributed by atoms with Gasteiger partial charge in [-0.2, -0.15) is 4.98 Å². The third kappa shape index (κ3) is 4.00. The van der Waals surface area contributed by atoms with Crippen molar-refractivity contribution >= 4 is 5.82 Å². The molecule has 1 aliphatic rings. The van der Waals surface area contributed by atoms with Crippen LogP contribution in [0.25, 0.3) is 0 Å². The highest BCUT2D eigenvalue weighted by molar-refractivity contribution is 5.39. The smallest absolute Gasteiger partial charge is 0.318 e. The largest absolute Gasteiger partial charge is 0.459 e. The molecule has 5 nitrogen and oxygen atoms in total. The van der Waals surface area contributed by atoms with E-state index in [1.54, 1.807) is 0 Å². The molecule has 24 heavy (non-hydrogen) atoms. The standard InChI is InChI=1S/C18H23FN4O/c1-13-7-9-14(10-8-13)12-24-18-21-11-16(19)17(22-18)23(20)15-5-3-2-4-6-15/h7-11,15H,2-6,12,20H2,1H3. The number of benzene rings is 1. The summed E-state index contributed by atoms with van der Waals surface area (Å²) >= 11 is 0. The van der Waals surface area contributed by atoms with Crippen molar-refractivity contribution in [1.29, 1.82) is 0 Å². The maximum atomic E-state index is 14.1. The minimum absolute atomic E-state index is 0.107. The van der Waals surface area contributed by atoms with Crippen molar-refractivity contribution in [2.75, 3.05) is 5.01 Å². The Balaban J connectivity index is 1.69. The van der Waals surface area contributed by atoms with Gasteiger partial charge in [-0.1, -0.05) is 49.1 Å². The predicted octanol–water partition coefficient (Wildman–Crippen LogP) is 3.52. The Kier molecular flexibility index (Phi) is 5.25. The molecule has 1 aromatic heterocycles. The fraction of sp³-hybridized carbons (Fsp3) is 0.444. The molecule has 1 aromatic carbocycles. The lowest BCUT2D eigenvalue weighted by Gasteiger charge is -2.31. The molecule has 6 heteroatoms. The van der Waals surface area contributed by atoms with Crippen LogP contribution in [0.5, 0.6) is 6.01 Å². The van der Waals surface area contributed by atoms with E-state index < -0.39 is 5.82 Å². The maximum absolute atomic E-state index is 14.1. The van der Waals surface area contributed by atoms with Crippen molar-refractivity contribution in [3.63, 3.8) is 0 Å². The molecule has 1 aliphatic carbocycles. The minimum Gasteiger partial charge on any atom is -0.459 e. The highest BCUT2D eigenvalue weighted by atomic mass is 19.1. The van der Waals surface area contributed by atoms with Gasteiger partial charge in [0.05, 0.1) is 6.20 Å². The van der Waals surface area contributed by atoms with E-state index in [1.165, 1.54) is 17.0 Å². The predicted molar refractivity (Wildman–Crippen MR) is 91.0 cm³/mol. The average Bonchev–Trinajstić information content (AvgIpc) is 2.62. The van der Waals surface area contributed by atoms with Gasteiger partial charge in [-0.15, -0.1) is 0 Å². The van der Waals surface area contributed by atoms with Gasteiger partial charge in [0.1, 0.15) is 6.61 Å². The summed E-state index contributed by atoms with van der Waals surface area (Å²) in [5.41, 5.74) is 2.19. The number of ether oxygens (including phenoxy) is 1. The number of halogens is 1. The Morgan fingerprint density at radius 3 is 2.62 bits per heavy atom. The van der Waals surface area contributed by atoms with Gasteiger partial charge in [-0.05, 0) is 25.3 Å². The van der Waals surface area contributed by atoms with Crippen LogP contribution in [0.4, 0.5) is 10.2 Å². The Bertz CT molecular complexity index is 671. The Morgan fingerprint density at radius 1 is 1.21 bits per heavy atom. The summed E-state index contributed by atoms with van der Waals surface area (Å²) in [5.74, 6) is 5.70. The van der Waals surface area contributed by atoms with Gasteiger partial charge in [0, 0.05) is 6.04 Å². The molecule has 2 aromatic rings. The molecule has 0 atom stereocenters. The second-order valence-electron chi connectivity index (χ2n) is 6.30. The van der Waals surface area contributed by atoms with E-state index >= 15 is 0 Å². The van der Waals surface area contributed by atoms with E-state index in [9.17, 15) is 4.39 Å². The topological polar surface area (TPSA) is 64.3 Å². The first-order valence-corrected chi connectivity index (χ1v) is 8.38. The van der Waals surface area contributed by atoms with Crippen molar-refractivity contribution in [3.8, 4) is 6.01 Å². The molecule has 0 amide bonds. The average molecular weight is 330 g/mol. The van der Waals surface area contributed by atoms with Crippen molar-refractivity contribution in [2.24, 2.45) is 5.84 Å². The number of rotatable bonds is 5. The van der Waals surface area contributed by atoms with E-state index in [4.69, 9.17) is 10.6 Å². The molecular weight excluding hydrogens is 307 g/mol. The van der Waals surface area contributed by atoms with Gasteiger partial charge in [-0.3, -0.25) is 5.01 Å². The van der Waals surface area contributed by atoms with Crippen LogP contribution in [0.15, 0.2) is 30.5 Å². The van der Waals surface area contributed by atoms with E-state index in [-0.39, 0.29) is 17.9 Å². The van der Waals surface area contributed by atoms with Gasteiger partial charge in [0.25, 0.3) is 0 Å². The monoisotopic (exact) mass is 330 g/mol. The molecule has 3 rings (SSSR count). The molecule has 0 spiro atoms. The number of anilines is 1. The zero-order chi connectivity index (χ0) is 16.9. The minimum atomic E-state index is -0.522. The van der Waals surface area contributed by atoms with Crippen molar-refractivity contribution in [2.45, 2.75) is 51.7 Å². The summed E-state index contributed by atoms with van der Waals surface area (Å²) in [7, 11) is 0. The molecule has 128 valence electrons. The number of aromatic nitrogens is 2. The number of hydrogen-bond donors (Lipinski definition) is 1. The van der Waals surface area contributed by atoms with Crippen LogP contribution in [-0.4, -0.2) is 16.0 Å². The molecule has 1 fully saturated rings. The number of aryl methyl sites for hydroxylation is 1. The quantitative estimate of drug-likeness (QED) is 0.671. The summed E-state index contributed by atoms with van der Waals surface area (Å²) in [6.07, 6.45) is 6.47. The second kappa shape index (κ2) is 7.57. The first-order chi connectivity index (χ1) is 11.6. The summed E-state index contributed by atoms with van der Waals surface area (Å²) in [6.45, 7) is 2.36. The van der Waals surface area contributed by atoms with Crippen LogP contribution in [0.2, 0.25) is 0 Å². The lowest BCUT2D eigenvalue weighted by atomic mass is 9.95. The summed E-state index contributed by atoms with van der Waals surface area (Å²) in [6, 6.07) is 8.25. The third-order valence-electron chi connectivity index (χ3n) is 4.40. The zero-order valence-electron chi connectivity index (χ0n) is 13.9. The van der Waals surface area contributed by atoms with Crippen LogP contribution >= 0.6 is 0 Å². The Hall–Kier alpha value is -2.21. The fourth-order valence-electron chi connectivity index (χ4n) is 2.96. The lowest BCUT2D eigenvalue weighted by molar-refractivity contribution is 0.278. The molecular formula is C18H23FN4O. The van der Waals surface area contributed by atoms with E-state index in [0.717, 1.165) is 37.4 Å². The highest BCUT2D eigenvalue weighted by Crippen LogP contribution is 2.26. The molecule has 1 heterocycles. The van der Waals surface area contributed by atoms with Crippen molar-refractivity contribution < 1.29 is 9.13 Å². The summed E-state index contributed by atoms with van der Waals surface area (Å²) in [4.78, 5) is 8.08. The fourth-order valence-corrected chi connectivity index (χ4v) is 2.96. The Labute approximate surface area is 141 Å². The first kappa shape index (κ1) is 16.6. The summed E-state index contributed by atoms with van der Waals surface area (Å²) in [5, 5.41) is 1.44. The third-order valence-corrected chi connectivity index (χ3v) is 4.40. The van der Waals surface area contributed by atoms with Crippen LogP contribution in [0.1, 0.15) is 43.2 Å². The molecule has 0 unspecified atom stereocenters. The molecule has 0 aliphatic heterocycles. The highest BCUT2D eigenvalue weighted by Gasteiger charge is 2.23. The van der Waals surface area contributed by atoms with Gasteiger partial charge in [0.2, 0.25) is 0 Å². The number of hydrazine groups is 1. The summed E-state index contributed by atoms with van der Waals surface area (Å²) < 4.78 is 19.7.